The third kappa shape index (κ3) is 3.77. The van der Waals surface area contributed by atoms with Crippen molar-refractivity contribution in [3.05, 3.63) is 29.8 Å². The highest BCUT2D eigenvalue weighted by atomic mass is 19.4. The molecule has 1 aromatic rings. The summed E-state index contributed by atoms with van der Waals surface area (Å²) in [5, 5.41) is 6.85. The Morgan fingerprint density at radius 1 is 1.29 bits per heavy atom. The molecule has 0 spiro atoms. The summed E-state index contributed by atoms with van der Waals surface area (Å²) < 4.78 is 46.4. The molecule has 6 nitrogen and oxygen atoms in total. The Morgan fingerprint density at radius 3 is 2.71 bits per heavy atom. The lowest BCUT2D eigenvalue weighted by molar-refractivity contribution is -0.153. The summed E-state index contributed by atoms with van der Waals surface area (Å²) in [6, 6.07) is 2.67. The zero-order valence-corrected chi connectivity index (χ0v) is 10.8. The van der Waals surface area contributed by atoms with E-state index in [1.807, 2.05) is 0 Å². The molecule has 0 N–H and O–H groups in total. The lowest BCUT2D eigenvalue weighted by Gasteiger charge is -2.12. The van der Waals surface area contributed by atoms with Crippen molar-refractivity contribution in [3.63, 3.8) is 0 Å². The molecule has 1 aliphatic rings. The summed E-state index contributed by atoms with van der Waals surface area (Å²) >= 11 is 0. The Labute approximate surface area is 117 Å². The molecule has 0 aromatic carbocycles. The number of alkyl halides is 3. The van der Waals surface area contributed by atoms with Crippen LogP contribution in [0.5, 0.6) is 11.6 Å². The van der Waals surface area contributed by atoms with Crippen LogP contribution in [-0.4, -0.2) is 23.7 Å². The molecule has 2 rings (SSSR count). The first kappa shape index (κ1) is 14.9. The Morgan fingerprint density at radius 2 is 2.05 bits per heavy atom. The third-order valence-corrected chi connectivity index (χ3v) is 2.42. The van der Waals surface area contributed by atoms with Gasteiger partial charge in [0.1, 0.15) is 0 Å². The van der Waals surface area contributed by atoms with Crippen LogP contribution in [0.3, 0.4) is 0 Å². The van der Waals surface area contributed by atoms with Crippen LogP contribution in [0.1, 0.15) is 13.3 Å². The van der Waals surface area contributed by atoms with E-state index in [0.717, 1.165) is 0 Å². The van der Waals surface area contributed by atoms with Gasteiger partial charge in [-0.2, -0.15) is 13.2 Å². The monoisotopic (exact) mass is 301 g/mol. The first-order chi connectivity index (χ1) is 9.90. The average molecular weight is 301 g/mol. The van der Waals surface area contributed by atoms with Gasteiger partial charge in [-0.15, -0.1) is 10.2 Å². The maximum absolute atomic E-state index is 12.2. The van der Waals surface area contributed by atoms with Crippen molar-refractivity contribution in [2.75, 3.05) is 6.61 Å². The van der Waals surface area contributed by atoms with Gasteiger partial charge < -0.3 is 9.47 Å². The van der Waals surface area contributed by atoms with Crippen molar-refractivity contribution in [2.45, 2.75) is 19.5 Å². The van der Waals surface area contributed by atoms with Crippen molar-refractivity contribution >= 4 is 5.91 Å². The molecule has 0 saturated carbocycles. The lowest BCUT2D eigenvalue weighted by atomic mass is 10.2. The van der Waals surface area contributed by atoms with Crippen molar-refractivity contribution in [3.8, 4) is 11.6 Å². The maximum atomic E-state index is 12.2. The molecule has 1 amide bonds. The number of halogens is 3. The zero-order chi connectivity index (χ0) is 15.5. The van der Waals surface area contributed by atoms with Crippen molar-refractivity contribution in [1.29, 1.82) is 0 Å². The van der Waals surface area contributed by atoms with E-state index in [1.165, 1.54) is 18.3 Å². The number of pyridine rings is 1. The molecule has 1 aromatic heterocycles. The SMILES string of the molecule is CCC1=C(Oc2ncccc2OCC(F)(F)F)N=NC1=O. The van der Waals surface area contributed by atoms with Gasteiger partial charge in [0, 0.05) is 6.20 Å². The van der Waals surface area contributed by atoms with Crippen LogP contribution in [0.2, 0.25) is 0 Å². The van der Waals surface area contributed by atoms with E-state index in [4.69, 9.17) is 4.74 Å². The molecule has 0 bridgehead atoms. The first-order valence-electron chi connectivity index (χ1n) is 5.92. The Balaban J connectivity index is 2.19. The van der Waals surface area contributed by atoms with Gasteiger partial charge in [0.15, 0.2) is 12.4 Å². The lowest BCUT2D eigenvalue weighted by Crippen LogP contribution is -2.19. The number of hydrogen-bond acceptors (Lipinski definition) is 5. The number of carbonyl (C=O) groups excluding carboxylic acids is 1. The Hall–Kier alpha value is -2.45. The molecule has 0 aliphatic carbocycles. The second-order valence-corrected chi connectivity index (χ2v) is 3.96. The fraction of sp³-hybridized carbons (Fsp3) is 0.333. The number of nitrogens with zero attached hydrogens (tertiary/aromatic N) is 3. The van der Waals surface area contributed by atoms with Crippen LogP contribution in [0.25, 0.3) is 0 Å². The quantitative estimate of drug-likeness (QED) is 0.838. The molecule has 1 aliphatic heterocycles. The van der Waals surface area contributed by atoms with E-state index in [-0.39, 0.29) is 23.1 Å². The fourth-order valence-corrected chi connectivity index (χ4v) is 1.50. The van der Waals surface area contributed by atoms with Gasteiger partial charge in [-0.1, -0.05) is 6.92 Å². The molecule has 112 valence electrons. The summed E-state index contributed by atoms with van der Waals surface area (Å²) in [4.78, 5) is 15.1. The molecular weight excluding hydrogens is 291 g/mol. The van der Waals surface area contributed by atoms with E-state index in [9.17, 15) is 18.0 Å². The molecule has 0 unspecified atom stereocenters. The minimum Gasteiger partial charge on any atom is -0.478 e. The van der Waals surface area contributed by atoms with Gasteiger partial charge in [-0.05, 0) is 18.6 Å². The summed E-state index contributed by atoms with van der Waals surface area (Å²) in [6.07, 6.45) is -2.84. The van der Waals surface area contributed by atoms with E-state index in [2.05, 4.69) is 19.9 Å². The van der Waals surface area contributed by atoms with Crippen LogP contribution in [0, 0.1) is 0 Å². The largest absolute Gasteiger partial charge is 0.478 e. The zero-order valence-electron chi connectivity index (χ0n) is 10.8. The van der Waals surface area contributed by atoms with Crippen LogP contribution in [0.15, 0.2) is 40.0 Å². The second-order valence-electron chi connectivity index (χ2n) is 3.96. The van der Waals surface area contributed by atoms with Crippen LogP contribution >= 0.6 is 0 Å². The van der Waals surface area contributed by atoms with Crippen LogP contribution in [0.4, 0.5) is 13.2 Å². The molecule has 9 heteroatoms. The standard InChI is InChI=1S/C12H10F3N3O3/c1-2-7-9(19)17-18-10(7)21-11-8(4-3-5-16-11)20-6-12(13,14)15/h3-5H,2,6H2,1H3. The summed E-state index contributed by atoms with van der Waals surface area (Å²) in [7, 11) is 0. The highest BCUT2D eigenvalue weighted by molar-refractivity contribution is 5.95. The van der Waals surface area contributed by atoms with Crippen molar-refractivity contribution < 1.29 is 27.4 Å². The molecular formula is C12H10F3N3O3. The predicted octanol–water partition coefficient (Wildman–Crippen LogP) is 3.02. The highest BCUT2D eigenvalue weighted by Crippen LogP contribution is 2.30. The van der Waals surface area contributed by atoms with Gasteiger partial charge in [-0.3, -0.25) is 4.79 Å². The van der Waals surface area contributed by atoms with Crippen LogP contribution in [-0.2, 0) is 4.79 Å². The predicted molar refractivity (Wildman–Crippen MR) is 63.6 cm³/mol. The number of ether oxygens (including phenoxy) is 2. The molecule has 0 atom stereocenters. The summed E-state index contributed by atoms with van der Waals surface area (Å²) in [5.74, 6) is -1.04. The van der Waals surface area contributed by atoms with E-state index in [1.54, 1.807) is 6.92 Å². The second kappa shape index (κ2) is 5.90. The van der Waals surface area contributed by atoms with Gasteiger partial charge in [0.05, 0.1) is 5.57 Å². The normalized spacial score (nSPS) is 14.8. The number of rotatable bonds is 5. The maximum Gasteiger partial charge on any atom is 0.422 e. The van der Waals surface area contributed by atoms with E-state index >= 15 is 0 Å². The van der Waals surface area contributed by atoms with Gasteiger partial charge in [0.25, 0.3) is 11.8 Å². The number of carbonyl (C=O) groups is 1. The average Bonchev–Trinajstić information content (AvgIpc) is 2.77. The smallest absolute Gasteiger partial charge is 0.422 e. The number of hydrogen-bond donors (Lipinski definition) is 0. The Kier molecular flexibility index (Phi) is 4.20. The topological polar surface area (TPSA) is 73.1 Å². The van der Waals surface area contributed by atoms with Crippen molar-refractivity contribution in [1.82, 2.24) is 4.98 Å². The van der Waals surface area contributed by atoms with Crippen molar-refractivity contribution in [2.24, 2.45) is 10.2 Å². The minimum atomic E-state index is -4.48. The number of azo groups is 1. The van der Waals surface area contributed by atoms with Gasteiger partial charge in [-0.25, -0.2) is 4.98 Å². The molecule has 0 radical (unpaired) electrons. The molecule has 0 saturated heterocycles. The fourth-order valence-electron chi connectivity index (χ4n) is 1.50. The minimum absolute atomic E-state index is 0.0851. The number of amides is 1. The molecule has 0 fully saturated rings. The van der Waals surface area contributed by atoms with Gasteiger partial charge in [0.2, 0.25) is 5.88 Å². The van der Waals surface area contributed by atoms with E-state index in [0.29, 0.717) is 6.42 Å². The summed E-state index contributed by atoms with van der Waals surface area (Å²) in [5.41, 5.74) is 0.224. The summed E-state index contributed by atoms with van der Waals surface area (Å²) in [6.45, 7) is 0.224. The molecule has 21 heavy (non-hydrogen) atoms. The third-order valence-electron chi connectivity index (χ3n) is 2.42. The van der Waals surface area contributed by atoms with Crippen LogP contribution < -0.4 is 9.47 Å². The Bertz CT molecular complexity index is 611. The van der Waals surface area contributed by atoms with E-state index < -0.39 is 18.7 Å². The highest BCUT2D eigenvalue weighted by Gasteiger charge is 2.29. The van der Waals surface area contributed by atoms with Gasteiger partial charge >= 0.3 is 6.18 Å². The first-order valence-corrected chi connectivity index (χ1v) is 5.92. The number of aromatic nitrogens is 1. The molecule has 2 heterocycles.